The molecule has 2 fully saturated rings. The number of amides is 1. The quantitative estimate of drug-likeness (QED) is 0.858. The van der Waals surface area contributed by atoms with Gasteiger partial charge in [-0.25, -0.2) is 8.42 Å². The lowest BCUT2D eigenvalue weighted by Gasteiger charge is -2.39. The van der Waals surface area contributed by atoms with E-state index < -0.39 is 10.0 Å². The summed E-state index contributed by atoms with van der Waals surface area (Å²) in [5, 5.41) is 4.78. The van der Waals surface area contributed by atoms with E-state index in [1.165, 1.54) is 10.7 Å². The number of nitrogens with zero attached hydrogens (tertiary/aromatic N) is 1. The Morgan fingerprint density at radius 2 is 1.89 bits per heavy atom. The van der Waals surface area contributed by atoms with Gasteiger partial charge >= 0.3 is 0 Å². The molecule has 2 aliphatic carbocycles. The summed E-state index contributed by atoms with van der Waals surface area (Å²) >= 11 is 0. The molecule has 2 aromatic rings. The standard InChI is InChI=1S/C22H26N2O3S/c1-21(2)15-10-11-22(21,3)18(12-15)23-19(25)13-24-16-8-4-6-14-7-5-9-17(20(14)16)28(24,26)27/h4-9,15,18H,10-13H2,1-3H3,(H,23,25). The van der Waals surface area contributed by atoms with Gasteiger partial charge in [-0.2, -0.15) is 0 Å². The van der Waals surface area contributed by atoms with Gasteiger partial charge in [0, 0.05) is 11.4 Å². The van der Waals surface area contributed by atoms with Crippen molar-refractivity contribution in [2.24, 2.45) is 16.7 Å². The molecule has 3 atom stereocenters. The number of hydrogen-bond acceptors (Lipinski definition) is 3. The molecule has 1 N–H and O–H groups in total. The van der Waals surface area contributed by atoms with Crippen molar-refractivity contribution in [1.29, 1.82) is 0 Å². The van der Waals surface area contributed by atoms with Crippen molar-refractivity contribution >= 4 is 32.4 Å². The molecule has 6 heteroatoms. The lowest BCUT2D eigenvalue weighted by molar-refractivity contribution is -0.121. The summed E-state index contributed by atoms with van der Waals surface area (Å²) in [6, 6.07) is 10.9. The van der Waals surface area contributed by atoms with Crippen LogP contribution in [-0.4, -0.2) is 26.9 Å². The topological polar surface area (TPSA) is 66.5 Å². The molecule has 3 aliphatic rings. The summed E-state index contributed by atoms with van der Waals surface area (Å²) in [5.74, 6) is 0.402. The van der Waals surface area contributed by atoms with Crippen molar-refractivity contribution in [2.75, 3.05) is 10.8 Å². The van der Waals surface area contributed by atoms with Crippen molar-refractivity contribution in [2.45, 2.75) is 51.0 Å². The van der Waals surface area contributed by atoms with E-state index in [1.54, 1.807) is 18.2 Å². The number of benzene rings is 2. The lowest BCUT2D eigenvalue weighted by atomic mass is 9.69. The van der Waals surface area contributed by atoms with Crippen LogP contribution >= 0.6 is 0 Å². The zero-order valence-electron chi connectivity index (χ0n) is 16.5. The molecule has 1 amide bonds. The molecule has 0 aromatic heterocycles. The number of carbonyl (C=O) groups excluding carboxylic acids is 1. The summed E-state index contributed by atoms with van der Waals surface area (Å²) < 4.78 is 27.4. The predicted octanol–water partition coefficient (Wildman–Crippen LogP) is 3.68. The van der Waals surface area contributed by atoms with Gasteiger partial charge in [-0.15, -0.1) is 0 Å². The fraction of sp³-hybridized carbons (Fsp3) is 0.500. The fourth-order valence-corrected chi connectivity index (χ4v) is 7.59. The highest BCUT2D eigenvalue weighted by Crippen LogP contribution is 2.65. The zero-order chi connectivity index (χ0) is 19.9. The van der Waals surface area contributed by atoms with Crippen LogP contribution in [0.3, 0.4) is 0 Å². The number of carbonyl (C=O) groups is 1. The van der Waals surface area contributed by atoms with Crippen LogP contribution < -0.4 is 9.62 Å². The Balaban J connectivity index is 1.42. The van der Waals surface area contributed by atoms with Crippen LogP contribution in [0.2, 0.25) is 0 Å². The fourth-order valence-electron chi connectivity index (χ4n) is 5.92. The largest absolute Gasteiger partial charge is 0.351 e. The molecule has 0 saturated heterocycles. The van der Waals surface area contributed by atoms with Crippen molar-refractivity contribution < 1.29 is 13.2 Å². The van der Waals surface area contributed by atoms with Gasteiger partial charge in [0.05, 0.1) is 10.6 Å². The van der Waals surface area contributed by atoms with Gasteiger partial charge in [-0.1, -0.05) is 45.0 Å². The molecule has 5 rings (SSSR count). The minimum atomic E-state index is -3.70. The highest BCUT2D eigenvalue weighted by atomic mass is 32.2. The predicted molar refractivity (Wildman–Crippen MR) is 110 cm³/mol. The van der Waals surface area contributed by atoms with Gasteiger partial charge < -0.3 is 5.32 Å². The SMILES string of the molecule is CC1(C)C2CCC1(C)C(NC(=O)CN1c3cccc4cccc(c34)S1(=O)=O)C2. The molecule has 2 saturated carbocycles. The summed E-state index contributed by atoms with van der Waals surface area (Å²) in [6.45, 7) is 6.71. The van der Waals surface area contributed by atoms with E-state index in [0.717, 1.165) is 18.2 Å². The maximum absolute atomic E-state index is 13.1. The van der Waals surface area contributed by atoms with Crippen LogP contribution in [0.15, 0.2) is 41.3 Å². The number of hydrogen-bond donors (Lipinski definition) is 1. The number of nitrogens with one attached hydrogen (secondary N) is 1. The number of fused-ring (bicyclic) bond motifs is 2. The maximum Gasteiger partial charge on any atom is 0.265 e. The Bertz CT molecular complexity index is 1100. The second-order valence-corrected chi connectivity index (χ2v) is 11.2. The van der Waals surface area contributed by atoms with E-state index >= 15 is 0 Å². The molecule has 0 radical (unpaired) electrons. The van der Waals surface area contributed by atoms with Crippen molar-refractivity contribution in [3.63, 3.8) is 0 Å². The van der Waals surface area contributed by atoms with E-state index in [4.69, 9.17) is 0 Å². The van der Waals surface area contributed by atoms with E-state index in [2.05, 4.69) is 26.1 Å². The summed E-state index contributed by atoms with van der Waals surface area (Å²) in [6.07, 6.45) is 3.31. The van der Waals surface area contributed by atoms with Crippen molar-refractivity contribution in [3.05, 3.63) is 36.4 Å². The normalized spacial score (nSPS) is 31.5. The van der Waals surface area contributed by atoms with Crippen LogP contribution in [0.5, 0.6) is 0 Å². The smallest absolute Gasteiger partial charge is 0.265 e. The first-order valence-electron chi connectivity index (χ1n) is 10.00. The van der Waals surface area contributed by atoms with Gasteiger partial charge in [0.15, 0.2) is 0 Å². The second-order valence-electron chi connectivity index (χ2n) is 9.37. The van der Waals surface area contributed by atoms with Gasteiger partial charge in [-0.05, 0) is 53.5 Å². The van der Waals surface area contributed by atoms with Gasteiger partial charge in [0.25, 0.3) is 10.0 Å². The van der Waals surface area contributed by atoms with Crippen LogP contribution in [-0.2, 0) is 14.8 Å². The van der Waals surface area contributed by atoms with Crippen molar-refractivity contribution in [1.82, 2.24) is 5.32 Å². The van der Waals surface area contributed by atoms with Gasteiger partial charge in [0.2, 0.25) is 5.91 Å². The zero-order valence-corrected chi connectivity index (χ0v) is 17.3. The third-order valence-electron chi connectivity index (χ3n) is 8.10. The maximum atomic E-state index is 13.1. The van der Waals surface area contributed by atoms with Crippen LogP contribution in [0.4, 0.5) is 5.69 Å². The monoisotopic (exact) mass is 398 g/mol. The summed E-state index contributed by atoms with van der Waals surface area (Å²) in [4.78, 5) is 13.2. The highest BCUT2D eigenvalue weighted by Gasteiger charge is 2.61. The molecule has 2 bridgehead atoms. The number of rotatable bonds is 3. The first-order chi connectivity index (χ1) is 13.2. The van der Waals surface area contributed by atoms with E-state index in [1.807, 2.05) is 18.2 Å². The average molecular weight is 399 g/mol. The molecule has 28 heavy (non-hydrogen) atoms. The Morgan fingerprint density at radius 3 is 2.54 bits per heavy atom. The minimum Gasteiger partial charge on any atom is -0.351 e. The van der Waals surface area contributed by atoms with E-state index in [-0.39, 0.29) is 29.3 Å². The average Bonchev–Trinajstić information content (AvgIpc) is 3.08. The lowest BCUT2D eigenvalue weighted by Crippen LogP contribution is -2.50. The summed E-state index contributed by atoms with van der Waals surface area (Å²) in [7, 11) is -3.70. The van der Waals surface area contributed by atoms with E-state index in [9.17, 15) is 13.2 Å². The molecule has 3 unspecified atom stereocenters. The molecule has 0 spiro atoms. The summed E-state index contributed by atoms with van der Waals surface area (Å²) in [5.41, 5.74) is 0.870. The Morgan fingerprint density at radius 1 is 1.18 bits per heavy atom. The van der Waals surface area contributed by atoms with Crippen LogP contribution in [0, 0.1) is 16.7 Å². The first-order valence-corrected chi connectivity index (χ1v) is 11.4. The molecule has 5 nitrogen and oxygen atoms in total. The number of sulfonamides is 1. The van der Waals surface area contributed by atoms with Crippen LogP contribution in [0.25, 0.3) is 10.8 Å². The molecule has 1 aliphatic heterocycles. The molecular formula is C22H26N2O3S. The van der Waals surface area contributed by atoms with E-state index in [0.29, 0.717) is 21.9 Å². The Hall–Kier alpha value is -2.08. The number of anilines is 1. The third kappa shape index (κ3) is 2.12. The van der Waals surface area contributed by atoms with Crippen molar-refractivity contribution in [3.8, 4) is 0 Å². The minimum absolute atomic E-state index is 0.0696. The Kier molecular flexibility index (Phi) is 3.53. The third-order valence-corrected chi connectivity index (χ3v) is 9.90. The highest BCUT2D eigenvalue weighted by molar-refractivity contribution is 7.93. The molecule has 1 heterocycles. The van der Waals surface area contributed by atoms with Gasteiger partial charge in [0.1, 0.15) is 6.54 Å². The molecule has 148 valence electrons. The second kappa shape index (κ2) is 5.50. The Labute approximate surface area is 166 Å². The molecular weight excluding hydrogens is 372 g/mol. The van der Waals surface area contributed by atoms with Crippen LogP contribution in [0.1, 0.15) is 40.0 Å². The van der Waals surface area contributed by atoms with Gasteiger partial charge in [-0.3, -0.25) is 9.10 Å². The molecule has 2 aromatic carbocycles. The first kappa shape index (κ1) is 18.0.